The first-order chi connectivity index (χ1) is 5.21. The Bertz CT molecular complexity index is 110. The van der Waals surface area contributed by atoms with Gasteiger partial charge in [-0.15, -0.1) is 0 Å². The van der Waals surface area contributed by atoms with Crippen molar-refractivity contribution in [3.63, 3.8) is 0 Å². The molecule has 4 nitrogen and oxygen atoms in total. The Labute approximate surface area is 88.1 Å². The van der Waals surface area contributed by atoms with Crippen LogP contribution in [0.1, 0.15) is 13.8 Å². The first kappa shape index (κ1) is 12.8. The lowest BCUT2D eigenvalue weighted by atomic mass is 10.7. The Kier molecular flexibility index (Phi) is 5.20. The molecule has 0 aliphatic carbocycles. The predicted molar refractivity (Wildman–Crippen MR) is 51.0 cm³/mol. The van der Waals surface area contributed by atoms with Gasteiger partial charge in [0.15, 0.2) is 0 Å². The molecule has 0 amide bonds. The second-order valence-electron chi connectivity index (χ2n) is 2.44. The highest BCUT2D eigenvalue weighted by Gasteiger charge is 2.17. The summed E-state index contributed by atoms with van der Waals surface area (Å²) in [5.41, 5.74) is 0. The van der Waals surface area contributed by atoms with Gasteiger partial charge in [0.1, 0.15) is 0 Å². The maximum absolute atomic E-state index is 9.01. The number of hydrogen-bond acceptors (Lipinski definition) is 4. The summed E-state index contributed by atoms with van der Waals surface area (Å²) in [5, 5.41) is 18.0. The number of hydrogen-bond donors (Lipinski definition) is 2. The minimum atomic E-state index is -1.34. The molecule has 0 unspecified atom stereocenters. The van der Waals surface area contributed by atoms with Gasteiger partial charge in [0.05, 0.1) is 13.2 Å². The van der Waals surface area contributed by atoms with Gasteiger partial charge in [0, 0.05) is 13.8 Å². The molecule has 6 heteroatoms. The van der Waals surface area contributed by atoms with Crippen molar-refractivity contribution in [2.24, 2.45) is 0 Å². The minimum absolute atomic E-state index is 0.181. The third-order valence-corrected chi connectivity index (χ3v) is 1.27. The Morgan fingerprint density at radius 1 is 1.00 bits per heavy atom. The SMILES string of the molecule is C[C@@](O)(Br)OCCO[C@](C)(O)Br. The molecule has 12 heavy (non-hydrogen) atoms. The molecule has 0 heterocycles. The van der Waals surface area contributed by atoms with Crippen LogP contribution in [0.25, 0.3) is 0 Å². The Morgan fingerprint density at radius 2 is 1.25 bits per heavy atom. The number of ether oxygens (including phenoxy) is 2. The zero-order valence-corrected chi connectivity index (χ0v) is 10.1. The van der Waals surface area contributed by atoms with Crippen LogP contribution in [0.5, 0.6) is 0 Å². The van der Waals surface area contributed by atoms with E-state index in [2.05, 4.69) is 31.9 Å². The number of alkyl halides is 2. The number of rotatable bonds is 5. The van der Waals surface area contributed by atoms with E-state index < -0.39 is 9.39 Å². The molecule has 0 aromatic carbocycles. The average Bonchev–Trinajstić information content (AvgIpc) is 1.76. The van der Waals surface area contributed by atoms with Crippen LogP contribution in [0.3, 0.4) is 0 Å². The highest BCUT2D eigenvalue weighted by atomic mass is 79.9. The van der Waals surface area contributed by atoms with Crippen molar-refractivity contribution in [3.8, 4) is 0 Å². The summed E-state index contributed by atoms with van der Waals surface area (Å²) in [6.45, 7) is 3.25. The normalized spacial score (nSPS) is 21.5. The van der Waals surface area contributed by atoms with Gasteiger partial charge in [0.2, 0.25) is 9.39 Å². The van der Waals surface area contributed by atoms with Gasteiger partial charge in [-0.3, -0.25) is 0 Å². The summed E-state index contributed by atoms with van der Waals surface area (Å²) in [7, 11) is 0. The molecule has 0 rings (SSSR count). The van der Waals surface area contributed by atoms with Crippen LogP contribution in [-0.2, 0) is 9.47 Å². The molecule has 0 radical (unpaired) electrons. The van der Waals surface area contributed by atoms with Crippen molar-refractivity contribution in [2.75, 3.05) is 13.2 Å². The molecular weight excluding hydrogens is 296 g/mol. The predicted octanol–water partition coefficient (Wildman–Crippen LogP) is 1.14. The van der Waals surface area contributed by atoms with Crippen molar-refractivity contribution in [2.45, 2.75) is 23.2 Å². The van der Waals surface area contributed by atoms with Gasteiger partial charge < -0.3 is 19.7 Å². The summed E-state index contributed by atoms with van der Waals surface area (Å²) in [6, 6.07) is 0. The number of halogens is 2. The highest BCUT2D eigenvalue weighted by molar-refractivity contribution is 9.10. The maximum Gasteiger partial charge on any atom is 0.221 e. The molecule has 2 atom stereocenters. The smallest absolute Gasteiger partial charge is 0.221 e. The fraction of sp³-hybridized carbons (Fsp3) is 1.00. The minimum Gasteiger partial charge on any atom is -0.357 e. The molecule has 0 saturated heterocycles. The quantitative estimate of drug-likeness (QED) is 0.454. The molecule has 0 saturated carbocycles. The second kappa shape index (κ2) is 4.88. The monoisotopic (exact) mass is 306 g/mol. The largest absolute Gasteiger partial charge is 0.357 e. The third-order valence-electron chi connectivity index (χ3n) is 0.814. The Hall–Kier alpha value is 0.800. The standard InChI is InChI=1S/C6H12Br2O4/c1-5(7,9)11-3-4-12-6(2,8)10/h9-10H,3-4H2,1-2H3/t5-,6-/m0/s1. The van der Waals surface area contributed by atoms with Crippen molar-refractivity contribution < 1.29 is 19.7 Å². The molecule has 0 fully saturated rings. The molecule has 2 N–H and O–H groups in total. The van der Waals surface area contributed by atoms with E-state index >= 15 is 0 Å². The molecule has 0 bridgehead atoms. The van der Waals surface area contributed by atoms with E-state index in [1.807, 2.05) is 0 Å². The van der Waals surface area contributed by atoms with Gasteiger partial charge in [0.25, 0.3) is 0 Å². The molecule has 0 spiro atoms. The van der Waals surface area contributed by atoms with E-state index in [-0.39, 0.29) is 13.2 Å². The topological polar surface area (TPSA) is 58.9 Å². The zero-order valence-electron chi connectivity index (χ0n) is 6.88. The van der Waals surface area contributed by atoms with E-state index in [1.165, 1.54) is 13.8 Å². The van der Waals surface area contributed by atoms with Crippen LogP contribution in [-0.4, -0.2) is 32.8 Å². The van der Waals surface area contributed by atoms with Crippen LogP contribution in [0, 0.1) is 0 Å². The molecule has 0 aromatic rings. The molecule has 74 valence electrons. The molecule has 0 aliphatic rings. The van der Waals surface area contributed by atoms with Crippen molar-refractivity contribution >= 4 is 31.9 Å². The number of aliphatic hydroxyl groups is 2. The Morgan fingerprint density at radius 3 is 1.42 bits per heavy atom. The second-order valence-corrected chi connectivity index (χ2v) is 5.38. The van der Waals surface area contributed by atoms with Crippen LogP contribution < -0.4 is 0 Å². The molecular formula is C6H12Br2O4. The first-order valence-corrected chi connectivity index (χ1v) is 4.90. The molecule has 0 aromatic heterocycles. The summed E-state index contributed by atoms with van der Waals surface area (Å²) in [4.78, 5) is 0. The fourth-order valence-electron chi connectivity index (χ4n) is 0.456. The van der Waals surface area contributed by atoms with Gasteiger partial charge >= 0.3 is 0 Å². The van der Waals surface area contributed by atoms with Crippen LogP contribution >= 0.6 is 31.9 Å². The lowest BCUT2D eigenvalue weighted by molar-refractivity contribution is -0.158. The van der Waals surface area contributed by atoms with Gasteiger partial charge in [-0.05, 0) is 31.9 Å². The van der Waals surface area contributed by atoms with Crippen LogP contribution in [0.15, 0.2) is 0 Å². The van der Waals surface area contributed by atoms with E-state index in [0.29, 0.717) is 0 Å². The van der Waals surface area contributed by atoms with Crippen LogP contribution in [0.4, 0.5) is 0 Å². The first-order valence-electron chi connectivity index (χ1n) is 3.31. The average molecular weight is 308 g/mol. The van der Waals surface area contributed by atoms with Crippen LogP contribution in [0.2, 0.25) is 0 Å². The van der Waals surface area contributed by atoms with E-state index in [1.54, 1.807) is 0 Å². The van der Waals surface area contributed by atoms with Crippen molar-refractivity contribution in [3.05, 3.63) is 0 Å². The van der Waals surface area contributed by atoms with Crippen molar-refractivity contribution in [1.29, 1.82) is 0 Å². The van der Waals surface area contributed by atoms with E-state index in [9.17, 15) is 0 Å². The summed E-state index contributed by atoms with van der Waals surface area (Å²) >= 11 is 5.73. The van der Waals surface area contributed by atoms with E-state index in [0.717, 1.165) is 0 Å². The maximum atomic E-state index is 9.01. The summed E-state index contributed by atoms with van der Waals surface area (Å²) in [6.07, 6.45) is 0. The Balaban J connectivity index is 3.35. The fourth-order valence-corrected chi connectivity index (χ4v) is 0.780. The summed E-state index contributed by atoms with van der Waals surface area (Å²) in [5.74, 6) is 0. The van der Waals surface area contributed by atoms with E-state index in [4.69, 9.17) is 19.7 Å². The van der Waals surface area contributed by atoms with Gasteiger partial charge in [-0.2, -0.15) is 0 Å². The van der Waals surface area contributed by atoms with Crippen molar-refractivity contribution in [1.82, 2.24) is 0 Å². The lowest BCUT2D eigenvalue weighted by Crippen LogP contribution is -2.26. The van der Waals surface area contributed by atoms with Gasteiger partial charge in [-0.25, -0.2) is 0 Å². The molecule has 0 aliphatic heterocycles. The summed E-state index contributed by atoms with van der Waals surface area (Å²) < 4.78 is 7.00. The lowest BCUT2D eigenvalue weighted by Gasteiger charge is -2.19. The zero-order chi connectivity index (χ0) is 9.83. The van der Waals surface area contributed by atoms with Gasteiger partial charge in [-0.1, -0.05) is 0 Å². The highest BCUT2D eigenvalue weighted by Crippen LogP contribution is 2.16. The third kappa shape index (κ3) is 10.8.